The summed E-state index contributed by atoms with van der Waals surface area (Å²) in [4.78, 5) is 16.8. The summed E-state index contributed by atoms with van der Waals surface area (Å²) in [6, 6.07) is 11.5. The molecule has 0 aliphatic carbocycles. The molecule has 0 spiro atoms. The molecule has 188 valence electrons. The molecular weight excluding hydrogens is 473 g/mol. The predicted molar refractivity (Wildman–Crippen MR) is 138 cm³/mol. The van der Waals surface area contributed by atoms with E-state index in [4.69, 9.17) is 20.3 Å². The third-order valence-corrected chi connectivity index (χ3v) is 5.58. The van der Waals surface area contributed by atoms with Gasteiger partial charge < -0.3 is 15.2 Å². The molecule has 37 heavy (non-hydrogen) atoms. The van der Waals surface area contributed by atoms with Crippen LogP contribution >= 0.6 is 0 Å². The number of fused-ring (bicyclic) bond motifs is 1. The number of benzene rings is 2. The molecule has 2 aromatic carbocycles. The van der Waals surface area contributed by atoms with E-state index >= 15 is 0 Å². The fraction of sp³-hybridized carbons (Fsp3) is 0.222. The molecule has 0 radical (unpaired) electrons. The number of ether oxygens (including phenoxy) is 2. The maximum atomic E-state index is 14.3. The van der Waals surface area contributed by atoms with E-state index in [0.29, 0.717) is 45.6 Å². The quantitative estimate of drug-likeness (QED) is 0.329. The molecule has 0 aliphatic heterocycles. The van der Waals surface area contributed by atoms with Gasteiger partial charge in [0, 0.05) is 41.7 Å². The molecule has 0 atom stereocenters. The van der Waals surface area contributed by atoms with Crippen LogP contribution in [0.5, 0.6) is 17.2 Å². The Morgan fingerprint density at radius 1 is 0.919 bits per heavy atom. The van der Waals surface area contributed by atoms with Gasteiger partial charge in [-0.25, -0.2) is 29.0 Å². The lowest BCUT2D eigenvalue weighted by Gasteiger charge is -2.19. The molecule has 3 heterocycles. The minimum absolute atomic E-state index is 0.208. The molecule has 0 amide bonds. The Morgan fingerprint density at radius 3 is 2.32 bits per heavy atom. The predicted octanol–water partition coefficient (Wildman–Crippen LogP) is 5.44. The Labute approximate surface area is 213 Å². The normalized spacial score (nSPS) is 11.6. The lowest BCUT2D eigenvalue weighted by Crippen LogP contribution is -2.23. The first-order valence-electron chi connectivity index (χ1n) is 11.7. The van der Waals surface area contributed by atoms with Gasteiger partial charge in [0.05, 0.1) is 10.9 Å². The third-order valence-electron chi connectivity index (χ3n) is 5.58. The van der Waals surface area contributed by atoms with Crippen molar-refractivity contribution in [2.45, 2.75) is 39.8 Å². The van der Waals surface area contributed by atoms with E-state index in [1.807, 2.05) is 37.6 Å². The number of aromatic nitrogens is 6. The number of nitrogens with two attached hydrogens (primary N) is 1. The minimum Gasteiger partial charge on any atom is -0.489 e. The number of anilines is 1. The number of nitrogens with zero attached hydrogens (tertiary/aromatic N) is 6. The molecule has 0 bridgehead atoms. The molecule has 5 aromatic rings. The van der Waals surface area contributed by atoms with Crippen molar-refractivity contribution in [1.29, 1.82) is 0 Å². The van der Waals surface area contributed by atoms with Gasteiger partial charge in [-0.05, 0) is 52.0 Å². The highest BCUT2D eigenvalue weighted by Crippen LogP contribution is 2.34. The first kappa shape index (κ1) is 24.1. The Morgan fingerprint density at radius 2 is 1.62 bits per heavy atom. The summed E-state index contributed by atoms with van der Waals surface area (Å²) in [7, 11) is 0. The number of nitrogen functional groups attached to an aromatic ring is 1. The van der Waals surface area contributed by atoms with Crippen molar-refractivity contribution in [2.75, 3.05) is 5.73 Å². The molecule has 10 heteroatoms. The molecule has 0 saturated heterocycles. The first-order chi connectivity index (χ1) is 17.7. The van der Waals surface area contributed by atoms with E-state index in [2.05, 4.69) is 19.9 Å². The van der Waals surface area contributed by atoms with Crippen LogP contribution in [0.15, 0.2) is 61.2 Å². The van der Waals surface area contributed by atoms with Gasteiger partial charge in [-0.1, -0.05) is 0 Å². The minimum atomic E-state index is -0.473. The SMILES string of the molecule is Cc1ncc(COc2cc(F)cc(Oc3ccc(-c4nn(C(C)(C)C)c5ncnc(N)c45)cc3)c2)cn1. The number of hydrogen-bond donors (Lipinski definition) is 1. The van der Waals surface area contributed by atoms with Crippen molar-refractivity contribution >= 4 is 16.9 Å². The van der Waals surface area contributed by atoms with Crippen LogP contribution in [-0.4, -0.2) is 29.7 Å². The zero-order valence-corrected chi connectivity index (χ0v) is 20.9. The van der Waals surface area contributed by atoms with Crippen LogP contribution in [-0.2, 0) is 12.1 Å². The van der Waals surface area contributed by atoms with Crippen LogP contribution in [0.3, 0.4) is 0 Å². The van der Waals surface area contributed by atoms with Crippen LogP contribution in [0.2, 0.25) is 0 Å². The van der Waals surface area contributed by atoms with Crippen molar-refractivity contribution in [2.24, 2.45) is 0 Å². The maximum absolute atomic E-state index is 14.3. The molecule has 0 saturated carbocycles. The van der Waals surface area contributed by atoms with E-state index in [-0.39, 0.29) is 12.1 Å². The molecule has 2 N–H and O–H groups in total. The van der Waals surface area contributed by atoms with Crippen LogP contribution in [0.4, 0.5) is 10.2 Å². The highest BCUT2D eigenvalue weighted by atomic mass is 19.1. The summed E-state index contributed by atoms with van der Waals surface area (Å²) < 4.78 is 27.7. The number of hydrogen-bond acceptors (Lipinski definition) is 8. The summed E-state index contributed by atoms with van der Waals surface area (Å²) >= 11 is 0. The Bertz CT molecular complexity index is 1560. The Balaban J connectivity index is 1.37. The molecule has 5 rings (SSSR count). The van der Waals surface area contributed by atoms with Gasteiger partial charge in [0.1, 0.15) is 53.3 Å². The average molecular weight is 500 g/mol. The summed E-state index contributed by atoms with van der Waals surface area (Å²) in [6.07, 6.45) is 4.79. The molecule has 0 unspecified atom stereocenters. The second kappa shape index (κ2) is 9.45. The van der Waals surface area contributed by atoms with Gasteiger partial charge >= 0.3 is 0 Å². The summed E-state index contributed by atoms with van der Waals surface area (Å²) in [5.74, 6) is 1.73. The zero-order chi connectivity index (χ0) is 26.2. The van der Waals surface area contributed by atoms with Gasteiger partial charge in [0.25, 0.3) is 0 Å². The van der Waals surface area contributed by atoms with Crippen LogP contribution in [0, 0.1) is 12.7 Å². The highest BCUT2D eigenvalue weighted by Gasteiger charge is 2.23. The second-order valence-corrected chi connectivity index (χ2v) is 9.57. The van der Waals surface area contributed by atoms with Crippen molar-refractivity contribution in [1.82, 2.24) is 29.7 Å². The lowest BCUT2D eigenvalue weighted by atomic mass is 10.1. The zero-order valence-electron chi connectivity index (χ0n) is 20.9. The van der Waals surface area contributed by atoms with E-state index in [9.17, 15) is 4.39 Å². The monoisotopic (exact) mass is 499 g/mol. The van der Waals surface area contributed by atoms with Crippen molar-refractivity contribution in [3.05, 3.63) is 78.4 Å². The van der Waals surface area contributed by atoms with Gasteiger partial charge in [0.15, 0.2) is 5.65 Å². The van der Waals surface area contributed by atoms with Gasteiger partial charge in [-0.3, -0.25) is 0 Å². The second-order valence-electron chi connectivity index (χ2n) is 9.57. The molecular formula is C27H26FN7O2. The maximum Gasteiger partial charge on any atom is 0.164 e. The van der Waals surface area contributed by atoms with Crippen LogP contribution < -0.4 is 15.2 Å². The van der Waals surface area contributed by atoms with Crippen LogP contribution in [0.1, 0.15) is 32.2 Å². The number of halogens is 1. The number of aryl methyl sites for hydroxylation is 1. The van der Waals surface area contributed by atoms with E-state index in [1.54, 1.807) is 37.5 Å². The Hall–Kier alpha value is -4.60. The van der Waals surface area contributed by atoms with Crippen molar-refractivity contribution in [3.8, 4) is 28.5 Å². The summed E-state index contributed by atoms with van der Waals surface area (Å²) in [5.41, 5.74) is 8.84. The van der Waals surface area contributed by atoms with E-state index in [1.165, 1.54) is 18.5 Å². The first-order valence-corrected chi connectivity index (χ1v) is 11.7. The lowest BCUT2D eigenvalue weighted by molar-refractivity contribution is 0.301. The molecule has 9 nitrogen and oxygen atoms in total. The third kappa shape index (κ3) is 5.18. The van der Waals surface area contributed by atoms with E-state index in [0.717, 1.165) is 11.1 Å². The topological polar surface area (TPSA) is 114 Å². The van der Waals surface area contributed by atoms with Crippen molar-refractivity contribution < 1.29 is 13.9 Å². The van der Waals surface area contributed by atoms with Crippen LogP contribution in [0.25, 0.3) is 22.3 Å². The largest absolute Gasteiger partial charge is 0.489 e. The van der Waals surface area contributed by atoms with Crippen molar-refractivity contribution in [3.63, 3.8) is 0 Å². The average Bonchev–Trinajstić information content (AvgIpc) is 3.26. The van der Waals surface area contributed by atoms with Gasteiger partial charge in [-0.15, -0.1) is 0 Å². The molecule has 3 aromatic heterocycles. The van der Waals surface area contributed by atoms with E-state index < -0.39 is 5.82 Å². The fourth-order valence-electron chi connectivity index (χ4n) is 3.80. The molecule has 0 aliphatic rings. The fourth-order valence-corrected chi connectivity index (χ4v) is 3.80. The Kier molecular flexibility index (Phi) is 6.16. The smallest absolute Gasteiger partial charge is 0.164 e. The van der Waals surface area contributed by atoms with Gasteiger partial charge in [-0.2, -0.15) is 5.10 Å². The van der Waals surface area contributed by atoms with Gasteiger partial charge in [0.2, 0.25) is 0 Å². The standard InChI is InChI=1S/C27H26FN7O2/c1-16-30-12-17(13-31-16)14-36-21-9-19(28)10-22(11-21)37-20-7-5-18(6-8-20)24-23-25(29)32-15-33-26(23)35(34-24)27(2,3)4/h5-13,15H,14H2,1-4H3,(H2,29,32,33). The summed E-state index contributed by atoms with van der Waals surface area (Å²) in [6.45, 7) is 8.15. The molecule has 0 fully saturated rings. The summed E-state index contributed by atoms with van der Waals surface area (Å²) in [5, 5.41) is 5.49. The number of rotatable bonds is 6. The highest BCUT2D eigenvalue weighted by molar-refractivity contribution is 5.98.